The van der Waals surface area contributed by atoms with E-state index in [9.17, 15) is 9.18 Å². The zero-order valence-electron chi connectivity index (χ0n) is 10.6. The number of carboxylic acid groups (broad SMARTS) is 1. The zero-order chi connectivity index (χ0) is 14.7. The van der Waals surface area contributed by atoms with Crippen molar-refractivity contribution in [3.63, 3.8) is 0 Å². The van der Waals surface area contributed by atoms with Gasteiger partial charge in [0, 0.05) is 5.69 Å². The van der Waals surface area contributed by atoms with E-state index in [2.05, 4.69) is 5.32 Å². The molecule has 100 valence electrons. The Morgan fingerprint density at radius 1 is 1.25 bits per heavy atom. The van der Waals surface area contributed by atoms with E-state index in [1.807, 2.05) is 6.07 Å². The summed E-state index contributed by atoms with van der Waals surface area (Å²) in [6.07, 6.45) is 0. The van der Waals surface area contributed by atoms with Gasteiger partial charge in [-0.1, -0.05) is 0 Å². The third kappa shape index (κ3) is 2.75. The molecule has 0 saturated carbocycles. The number of nitrogens with one attached hydrogen (secondary N) is 1. The molecular formula is C15H11FN2O2. The molecule has 0 atom stereocenters. The minimum atomic E-state index is -1.01. The number of benzene rings is 2. The molecule has 0 radical (unpaired) electrons. The Morgan fingerprint density at radius 2 is 1.95 bits per heavy atom. The zero-order valence-corrected chi connectivity index (χ0v) is 10.6. The maximum absolute atomic E-state index is 13.8. The number of hydrogen-bond acceptors (Lipinski definition) is 3. The van der Waals surface area contributed by atoms with E-state index in [4.69, 9.17) is 10.4 Å². The third-order valence-electron chi connectivity index (χ3n) is 2.84. The number of aryl methyl sites for hydroxylation is 1. The van der Waals surface area contributed by atoms with Gasteiger partial charge in [0.1, 0.15) is 5.82 Å². The van der Waals surface area contributed by atoms with Crippen molar-refractivity contribution in [2.75, 3.05) is 5.32 Å². The molecule has 5 heteroatoms. The average Bonchev–Trinajstić information content (AvgIpc) is 2.42. The fraction of sp³-hybridized carbons (Fsp3) is 0.0667. The summed E-state index contributed by atoms with van der Waals surface area (Å²) in [6.45, 7) is 1.73. The summed E-state index contributed by atoms with van der Waals surface area (Å²) in [4.78, 5) is 10.8. The molecule has 0 saturated heterocycles. The van der Waals surface area contributed by atoms with Crippen LogP contribution in [0.4, 0.5) is 15.8 Å². The number of rotatable bonds is 3. The molecule has 0 amide bonds. The molecule has 0 spiro atoms. The van der Waals surface area contributed by atoms with Crippen LogP contribution in [-0.2, 0) is 0 Å². The predicted molar refractivity (Wildman–Crippen MR) is 72.5 cm³/mol. The Morgan fingerprint density at radius 3 is 2.50 bits per heavy atom. The Hall–Kier alpha value is -2.87. The lowest BCUT2D eigenvalue weighted by Crippen LogP contribution is -2.00. The summed E-state index contributed by atoms with van der Waals surface area (Å²) < 4.78 is 13.8. The van der Waals surface area contributed by atoms with Gasteiger partial charge in [0.05, 0.1) is 22.9 Å². The minimum Gasteiger partial charge on any atom is -0.478 e. The van der Waals surface area contributed by atoms with Crippen LogP contribution in [0.1, 0.15) is 21.5 Å². The fourth-order valence-electron chi connectivity index (χ4n) is 1.77. The van der Waals surface area contributed by atoms with Crippen LogP contribution in [0.3, 0.4) is 0 Å². The normalized spacial score (nSPS) is 9.85. The van der Waals surface area contributed by atoms with Gasteiger partial charge in [-0.2, -0.15) is 5.26 Å². The highest BCUT2D eigenvalue weighted by Crippen LogP contribution is 2.24. The lowest BCUT2D eigenvalue weighted by atomic mass is 10.1. The van der Waals surface area contributed by atoms with Crippen LogP contribution >= 0.6 is 0 Å². The van der Waals surface area contributed by atoms with E-state index < -0.39 is 11.8 Å². The van der Waals surface area contributed by atoms with Gasteiger partial charge in [-0.15, -0.1) is 0 Å². The topological polar surface area (TPSA) is 73.1 Å². The Kier molecular flexibility index (Phi) is 3.67. The Bertz CT molecular complexity index is 720. The van der Waals surface area contributed by atoms with Gasteiger partial charge in [0.25, 0.3) is 0 Å². The van der Waals surface area contributed by atoms with Gasteiger partial charge < -0.3 is 10.4 Å². The van der Waals surface area contributed by atoms with E-state index in [-0.39, 0.29) is 16.8 Å². The minimum absolute atomic E-state index is 0.174. The number of nitriles is 1. The van der Waals surface area contributed by atoms with Crippen LogP contribution in [-0.4, -0.2) is 11.1 Å². The molecule has 0 aliphatic carbocycles. The Labute approximate surface area is 115 Å². The van der Waals surface area contributed by atoms with Crippen LogP contribution in [0.15, 0.2) is 36.4 Å². The van der Waals surface area contributed by atoms with Crippen molar-refractivity contribution in [3.05, 3.63) is 58.9 Å². The highest BCUT2D eigenvalue weighted by atomic mass is 19.1. The van der Waals surface area contributed by atoms with Crippen molar-refractivity contribution >= 4 is 17.3 Å². The molecule has 20 heavy (non-hydrogen) atoms. The monoisotopic (exact) mass is 270 g/mol. The molecule has 2 aromatic rings. The molecule has 4 nitrogen and oxygen atoms in total. The molecule has 0 heterocycles. The molecule has 2 aromatic carbocycles. The van der Waals surface area contributed by atoms with E-state index in [0.29, 0.717) is 11.3 Å². The van der Waals surface area contributed by atoms with Crippen molar-refractivity contribution in [3.8, 4) is 6.07 Å². The largest absolute Gasteiger partial charge is 0.478 e. The standard InChI is InChI=1S/C15H11FN2O2/c1-9-6-11(15(19)20)3-5-13(9)18-14-4-2-10(8-17)7-12(14)16/h2-7,18H,1H3,(H,19,20). The SMILES string of the molecule is Cc1cc(C(=O)O)ccc1Nc1ccc(C#N)cc1F. The van der Waals surface area contributed by atoms with Gasteiger partial charge in [-0.05, 0) is 48.9 Å². The van der Waals surface area contributed by atoms with Crippen LogP contribution < -0.4 is 5.32 Å². The van der Waals surface area contributed by atoms with Crippen LogP contribution in [0.25, 0.3) is 0 Å². The Balaban J connectivity index is 2.31. The summed E-state index contributed by atoms with van der Waals surface area (Å²) >= 11 is 0. The first-order valence-corrected chi connectivity index (χ1v) is 5.82. The number of carbonyl (C=O) groups is 1. The molecule has 0 aliphatic rings. The summed E-state index contributed by atoms with van der Waals surface area (Å²) in [5.74, 6) is -1.55. The second-order valence-corrected chi connectivity index (χ2v) is 4.27. The fourth-order valence-corrected chi connectivity index (χ4v) is 1.77. The average molecular weight is 270 g/mol. The number of carboxylic acids is 1. The summed E-state index contributed by atoms with van der Waals surface area (Å²) in [7, 11) is 0. The first kappa shape index (κ1) is 13.6. The highest BCUT2D eigenvalue weighted by molar-refractivity contribution is 5.88. The second-order valence-electron chi connectivity index (χ2n) is 4.27. The summed E-state index contributed by atoms with van der Waals surface area (Å²) in [6, 6.07) is 10.5. The first-order valence-electron chi connectivity index (χ1n) is 5.82. The smallest absolute Gasteiger partial charge is 0.335 e. The number of aromatic carboxylic acids is 1. The van der Waals surface area contributed by atoms with E-state index in [1.54, 1.807) is 13.0 Å². The molecule has 0 aliphatic heterocycles. The number of anilines is 2. The second kappa shape index (κ2) is 5.41. The van der Waals surface area contributed by atoms with Crippen molar-refractivity contribution in [1.29, 1.82) is 5.26 Å². The summed E-state index contributed by atoms with van der Waals surface area (Å²) in [5.41, 5.74) is 1.95. The number of hydrogen-bond donors (Lipinski definition) is 2. The first-order chi connectivity index (χ1) is 9.51. The maximum atomic E-state index is 13.8. The van der Waals surface area contributed by atoms with Gasteiger partial charge in [-0.3, -0.25) is 0 Å². The third-order valence-corrected chi connectivity index (χ3v) is 2.84. The van der Waals surface area contributed by atoms with Crippen LogP contribution in [0, 0.1) is 24.1 Å². The van der Waals surface area contributed by atoms with Crippen molar-refractivity contribution in [1.82, 2.24) is 0 Å². The van der Waals surface area contributed by atoms with E-state index in [0.717, 1.165) is 6.07 Å². The molecule has 0 bridgehead atoms. The molecule has 2 rings (SSSR count). The lowest BCUT2D eigenvalue weighted by Gasteiger charge is -2.11. The lowest BCUT2D eigenvalue weighted by molar-refractivity contribution is 0.0697. The van der Waals surface area contributed by atoms with Gasteiger partial charge in [0.15, 0.2) is 0 Å². The van der Waals surface area contributed by atoms with Gasteiger partial charge in [0.2, 0.25) is 0 Å². The van der Waals surface area contributed by atoms with Gasteiger partial charge in [-0.25, -0.2) is 9.18 Å². The van der Waals surface area contributed by atoms with Crippen molar-refractivity contribution < 1.29 is 14.3 Å². The highest BCUT2D eigenvalue weighted by Gasteiger charge is 2.08. The molecular weight excluding hydrogens is 259 g/mol. The summed E-state index contributed by atoms with van der Waals surface area (Å²) in [5, 5.41) is 20.4. The predicted octanol–water partition coefficient (Wildman–Crippen LogP) is 3.45. The molecule has 0 aromatic heterocycles. The quantitative estimate of drug-likeness (QED) is 0.895. The van der Waals surface area contributed by atoms with Gasteiger partial charge >= 0.3 is 5.97 Å². The molecule has 0 unspecified atom stereocenters. The number of nitrogens with zero attached hydrogens (tertiary/aromatic N) is 1. The number of halogens is 1. The molecule has 0 fully saturated rings. The van der Waals surface area contributed by atoms with E-state index in [1.165, 1.54) is 24.3 Å². The van der Waals surface area contributed by atoms with Crippen LogP contribution in [0.5, 0.6) is 0 Å². The van der Waals surface area contributed by atoms with Crippen molar-refractivity contribution in [2.45, 2.75) is 6.92 Å². The maximum Gasteiger partial charge on any atom is 0.335 e. The van der Waals surface area contributed by atoms with Crippen LogP contribution in [0.2, 0.25) is 0 Å². The van der Waals surface area contributed by atoms with Crippen molar-refractivity contribution in [2.24, 2.45) is 0 Å². The van der Waals surface area contributed by atoms with E-state index >= 15 is 0 Å². The molecule has 2 N–H and O–H groups in total.